The van der Waals surface area contributed by atoms with Crippen molar-refractivity contribution in [3.63, 3.8) is 0 Å². The van der Waals surface area contributed by atoms with Gasteiger partial charge >= 0.3 is 5.97 Å². The van der Waals surface area contributed by atoms with Crippen LogP contribution in [0.5, 0.6) is 17.2 Å². The molecule has 0 amide bonds. The van der Waals surface area contributed by atoms with Gasteiger partial charge in [0.2, 0.25) is 0 Å². The van der Waals surface area contributed by atoms with Crippen molar-refractivity contribution in [2.45, 2.75) is 5.92 Å². The van der Waals surface area contributed by atoms with E-state index in [9.17, 15) is 9.90 Å². The third-order valence-corrected chi connectivity index (χ3v) is 3.29. The van der Waals surface area contributed by atoms with Crippen LogP contribution in [0.2, 0.25) is 0 Å². The van der Waals surface area contributed by atoms with Gasteiger partial charge < -0.3 is 19.3 Å². The normalized spacial score (nSPS) is 11.5. The molecule has 0 spiro atoms. The Hall–Kier alpha value is -2.69. The summed E-state index contributed by atoms with van der Waals surface area (Å²) in [5.41, 5.74) is 0.576. The lowest BCUT2D eigenvalue weighted by Crippen LogP contribution is -2.20. The predicted molar refractivity (Wildman–Crippen MR) is 81.9 cm³/mol. The van der Waals surface area contributed by atoms with Crippen molar-refractivity contribution >= 4 is 5.97 Å². The van der Waals surface area contributed by atoms with Crippen molar-refractivity contribution in [2.24, 2.45) is 0 Å². The Morgan fingerprint density at radius 1 is 0.955 bits per heavy atom. The van der Waals surface area contributed by atoms with E-state index < -0.39 is 11.9 Å². The molecule has 1 N–H and O–H groups in total. The van der Waals surface area contributed by atoms with Gasteiger partial charge in [0.15, 0.2) is 11.5 Å². The topological polar surface area (TPSA) is 65.0 Å². The minimum Gasteiger partial charge on any atom is -0.496 e. The molecule has 0 aliphatic carbocycles. The highest BCUT2D eigenvalue weighted by Crippen LogP contribution is 2.30. The van der Waals surface area contributed by atoms with E-state index in [4.69, 9.17) is 14.2 Å². The van der Waals surface area contributed by atoms with Crippen molar-refractivity contribution < 1.29 is 24.1 Å². The van der Waals surface area contributed by atoms with E-state index in [1.54, 1.807) is 42.5 Å². The molecule has 0 aliphatic rings. The SMILES string of the molecule is COc1ccccc1OCC(C(=O)O)c1ccccc1OC. The number of carboxylic acid groups (broad SMARTS) is 1. The van der Waals surface area contributed by atoms with Crippen LogP contribution in [0.4, 0.5) is 0 Å². The second kappa shape index (κ2) is 7.36. The Bertz CT molecular complexity index is 638. The molecule has 1 unspecified atom stereocenters. The molecule has 2 rings (SSSR count). The Labute approximate surface area is 129 Å². The number of para-hydroxylation sites is 3. The first-order valence-corrected chi connectivity index (χ1v) is 6.79. The number of ether oxygens (including phenoxy) is 3. The van der Waals surface area contributed by atoms with Crippen LogP contribution in [0.15, 0.2) is 48.5 Å². The highest BCUT2D eigenvalue weighted by atomic mass is 16.5. The van der Waals surface area contributed by atoms with E-state index >= 15 is 0 Å². The molecular formula is C17H18O5. The van der Waals surface area contributed by atoms with Crippen molar-refractivity contribution in [1.82, 2.24) is 0 Å². The second-order valence-electron chi connectivity index (χ2n) is 4.59. The summed E-state index contributed by atoms with van der Waals surface area (Å²) in [7, 11) is 3.05. The number of hydrogen-bond acceptors (Lipinski definition) is 4. The van der Waals surface area contributed by atoms with Crippen LogP contribution in [0.3, 0.4) is 0 Å². The minimum atomic E-state index is -0.973. The molecule has 0 fully saturated rings. The zero-order valence-corrected chi connectivity index (χ0v) is 12.5. The maximum Gasteiger partial charge on any atom is 0.314 e. The second-order valence-corrected chi connectivity index (χ2v) is 4.59. The Kier molecular flexibility index (Phi) is 5.25. The Morgan fingerprint density at radius 2 is 1.50 bits per heavy atom. The van der Waals surface area contributed by atoms with Gasteiger partial charge in [-0.15, -0.1) is 0 Å². The first kappa shape index (κ1) is 15.7. The zero-order valence-electron chi connectivity index (χ0n) is 12.5. The summed E-state index contributed by atoms with van der Waals surface area (Å²) in [6.07, 6.45) is 0. The first-order valence-electron chi connectivity index (χ1n) is 6.79. The van der Waals surface area contributed by atoms with Crippen LogP contribution in [0.25, 0.3) is 0 Å². The number of benzene rings is 2. The zero-order chi connectivity index (χ0) is 15.9. The highest BCUT2D eigenvalue weighted by molar-refractivity contribution is 5.77. The molecule has 116 valence electrons. The van der Waals surface area contributed by atoms with Gasteiger partial charge in [-0.3, -0.25) is 4.79 Å². The van der Waals surface area contributed by atoms with Gasteiger partial charge in [0.1, 0.15) is 18.3 Å². The lowest BCUT2D eigenvalue weighted by atomic mass is 9.99. The molecule has 0 bridgehead atoms. The molecule has 5 nitrogen and oxygen atoms in total. The third-order valence-electron chi connectivity index (χ3n) is 3.29. The number of carbonyl (C=O) groups is 1. The third kappa shape index (κ3) is 3.49. The van der Waals surface area contributed by atoms with Crippen molar-refractivity contribution in [2.75, 3.05) is 20.8 Å². The Balaban J connectivity index is 2.21. The standard InChI is InChI=1S/C17H18O5/c1-20-14-8-4-3-7-12(14)13(17(18)19)11-22-16-10-6-5-9-15(16)21-2/h3-10,13H,11H2,1-2H3,(H,18,19). The van der Waals surface area contributed by atoms with Crippen LogP contribution >= 0.6 is 0 Å². The van der Waals surface area contributed by atoms with Crippen LogP contribution in [-0.4, -0.2) is 31.9 Å². The fourth-order valence-corrected chi connectivity index (χ4v) is 2.16. The van der Waals surface area contributed by atoms with E-state index in [-0.39, 0.29) is 6.61 Å². The van der Waals surface area contributed by atoms with E-state index in [2.05, 4.69) is 0 Å². The average molecular weight is 302 g/mol. The molecule has 0 aliphatic heterocycles. The number of carboxylic acids is 1. The van der Waals surface area contributed by atoms with Crippen molar-refractivity contribution in [3.05, 3.63) is 54.1 Å². The number of methoxy groups -OCH3 is 2. The fraction of sp³-hybridized carbons (Fsp3) is 0.235. The van der Waals surface area contributed by atoms with Crippen molar-refractivity contribution in [1.29, 1.82) is 0 Å². The first-order chi connectivity index (χ1) is 10.7. The molecule has 0 saturated carbocycles. The van der Waals surface area contributed by atoms with Gasteiger partial charge in [-0.05, 0) is 18.2 Å². The molecule has 0 saturated heterocycles. The molecule has 2 aromatic rings. The van der Waals surface area contributed by atoms with E-state index in [0.717, 1.165) is 0 Å². The van der Waals surface area contributed by atoms with Crippen molar-refractivity contribution in [3.8, 4) is 17.2 Å². The van der Waals surface area contributed by atoms with Crippen LogP contribution < -0.4 is 14.2 Å². The van der Waals surface area contributed by atoms with Gasteiger partial charge in [-0.2, -0.15) is 0 Å². The maximum atomic E-state index is 11.6. The lowest BCUT2D eigenvalue weighted by Gasteiger charge is -2.17. The summed E-state index contributed by atoms with van der Waals surface area (Å²) in [5.74, 6) is -0.211. The van der Waals surface area contributed by atoms with Crippen LogP contribution in [-0.2, 0) is 4.79 Å². The number of hydrogen-bond donors (Lipinski definition) is 1. The molecule has 0 heterocycles. The van der Waals surface area contributed by atoms with E-state index in [1.165, 1.54) is 14.2 Å². The van der Waals surface area contributed by atoms with Crippen LogP contribution in [0, 0.1) is 0 Å². The quantitative estimate of drug-likeness (QED) is 0.852. The molecule has 0 radical (unpaired) electrons. The molecule has 0 aromatic heterocycles. The summed E-state index contributed by atoms with van der Waals surface area (Å²) < 4.78 is 16.1. The Morgan fingerprint density at radius 3 is 2.09 bits per heavy atom. The lowest BCUT2D eigenvalue weighted by molar-refractivity contribution is -0.139. The smallest absolute Gasteiger partial charge is 0.314 e. The maximum absolute atomic E-state index is 11.6. The molecule has 5 heteroatoms. The van der Waals surface area contributed by atoms with Gasteiger partial charge in [0, 0.05) is 5.56 Å². The van der Waals surface area contributed by atoms with E-state index in [0.29, 0.717) is 22.8 Å². The van der Waals surface area contributed by atoms with E-state index in [1.807, 2.05) is 6.07 Å². The number of rotatable bonds is 7. The predicted octanol–water partition coefficient (Wildman–Crippen LogP) is 2.95. The summed E-state index contributed by atoms with van der Waals surface area (Å²) in [6, 6.07) is 14.1. The molecule has 22 heavy (non-hydrogen) atoms. The van der Waals surface area contributed by atoms with Gasteiger partial charge in [-0.25, -0.2) is 0 Å². The largest absolute Gasteiger partial charge is 0.496 e. The molecule has 1 atom stereocenters. The van der Waals surface area contributed by atoms with Gasteiger partial charge in [0.25, 0.3) is 0 Å². The summed E-state index contributed by atoms with van der Waals surface area (Å²) in [5, 5.41) is 9.48. The monoisotopic (exact) mass is 302 g/mol. The summed E-state index contributed by atoms with van der Waals surface area (Å²) in [6.45, 7) is -0.0178. The van der Waals surface area contributed by atoms with Gasteiger partial charge in [-0.1, -0.05) is 30.3 Å². The van der Waals surface area contributed by atoms with Gasteiger partial charge in [0.05, 0.1) is 14.2 Å². The average Bonchev–Trinajstić information content (AvgIpc) is 2.55. The summed E-state index contributed by atoms with van der Waals surface area (Å²) in [4.78, 5) is 11.6. The minimum absolute atomic E-state index is 0.0178. The number of aliphatic carboxylic acids is 1. The highest BCUT2D eigenvalue weighted by Gasteiger charge is 2.24. The molecule has 2 aromatic carbocycles. The summed E-state index contributed by atoms with van der Waals surface area (Å²) >= 11 is 0. The van der Waals surface area contributed by atoms with Crippen LogP contribution in [0.1, 0.15) is 11.5 Å². The fourth-order valence-electron chi connectivity index (χ4n) is 2.16. The molecular weight excluding hydrogens is 284 g/mol.